The van der Waals surface area contributed by atoms with Gasteiger partial charge in [0.15, 0.2) is 0 Å². The first-order valence-electron chi connectivity index (χ1n) is 18.6. The Morgan fingerprint density at radius 2 is 0.756 bits per heavy atom. The minimum atomic E-state index is -1.47. The van der Waals surface area contributed by atoms with Crippen molar-refractivity contribution in [3.05, 3.63) is 24.3 Å². The van der Waals surface area contributed by atoms with Crippen LogP contribution in [0.3, 0.4) is 0 Å². The van der Waals surface area contributed by atoms with E-state index >= 15 is 0 Å². The number of aliphatic carboxylic acids is 2. The third-order valence-electron chi connectivity index (χ3n) is 10.2. The molecule has 0 aromatic heterocycles. The number of allylic oxidation sites excluding steroid dienone is 2. The lowest BCUT2D eigenvalue weighted by molar-refractivity contribution is -0.132. The van der Waals surface area contributed by atoms with Crippen molar-refractivity contribution >= 4 is 11.9 Å². The van der Waals surface area contributed by atoms with Gasteiger partial charge in [-0.15, -0.1) is 0 Å². The molecular formula is C38H68O7. The molecule has 0 aromatic carbocycles. The molecule has 0 heterocycles. The number of hydrogen-bond donors (Lipinski definition) is 5. The number of hydrogen-bond acceptors (Lipinski definition) is 5. The zero-order valence-corrected chi connectivity index (χ0v) is 28.4. The maximum absolute atomic E-state index is 11.1. The highest BCUT2D eigenvalue weighted by molar-refractivity contribution is 5.81. The normalized spacial score (nSPS) is 26.3. The molecule has 0 saturated heterocycles. The Balaban J connectivity index is 0.000000410. The van der Waals surface area contributed by atoms with Crippen LogP contribution in [0.15, 0.2) is 24.3 Å². The monoisotopic (exact) mass is 636 g/mol. The van der Waals surface area contributed by atoms with Gasteiger partial charge in [-0.1, -0.05) is 173 Å². The van der Waals surface area contributed by atoms with Crippen molar-refractivity contribution in [2.75, 3.05) is 13.2 Å². The molecule has 0 amide bonds. The minimum Gasteiger partial charge on any atom is -0.478 e. The summed E-state index contributed by atoms with van der Waals surface area (Å²) < 4.78 is 0. The molecule has 1 unspecified atom stereocenters. The van der Waals surface area contributed by atoms with Gasteiger partial charge in [-0.3, -0.25) is 0 Å². The molecule has 0 aliphatic heterocycles. The molecule has 3 aliphatic rings. The number of carboxylic acids is 2. The molecule has 0 bridgehead atoms. The average Bonchev–Trinajstić information content (AvgIpc) is 3.05. The van der Waals surface area contributed by atoms with Crippen molar-refractivity contribution in [1.29, 1.82) is 0 Å². The second-order valence-electron chi connectivity index (χ2n) is 13.7. The highest BCUT2D eigenvalue weighted by Gasteiger charge is 2.52. The lowest BCUT2D eigenvalue weighted by Crippen LogP contribution is -2.54. The smallest absolute Gasteiger partial charge is 0.328 e. The molecule has 0 radical (unpaired) electrons. The van der Waals surface area contributed by atoms with Gasteiger partial charge < -0.3 is 25.5 Å². The van der Waals surface area contributed by atoms with E-state index in [4.69, 9.17) is 10.2 Å². The largest absolute Gasteiger partial charge is 0.478 e. The Bertz CT molecular complexity index is 691. The van der Waals surface area contributed by atoms with Gasteiger partial charge in [-0.2, -0.15) is 0 Å². The van der Waals surface area contributed by atoms with E-state index in [1.807, 2.05) is 0 Å². The third kappa shape index (κ3) is 17.7. The fourth-order valence-corrected chi connectivity index (χ4v) is 7.21. The summed E-state index contributed by atoms with van der Waals surface area (Å²) in [6.07, 6.45) is 38.0. The molecule has 3 saturated carbocycles. The van der Waals surface area contributed by atoms with Gasteiger partial charge in [0.2, 0.25) is 0 Å². The summed E-state index contributed by atoms with van der Waals surface area (Å²) >= 11 is 0. The van der Waals surface area contributed by atoms with E-state index in [-0.39, 0.29) is 0 Å². The molecular weight excluding hydrogens is 568 g/mol. The summed E-state index contributed by atoms with van der Waals surface area (Å²) in [6.45, 7) is -1.20. The van der Waals surface area contributed by atoms with Gasteiger partial charge >= 0.3 is 11.9 Å². The second kappa shape index (κ2) is 26.4. The van der Waals surface area contributed by atoms with Gasteiger partial charge in [0.25, 0.3) is 0 Å². The predicted octanol–water partition coefficient (Wildman–Crippen LogP) is 9.13. The maximum Gasteiger partial charge on any atom is 0.328 e. The van der Waals surface area contributed by atoms with Crippen LogP contribution in [0.1, 0.15) is 173 Å². The lowest BCUT2D eigenvalue weighted by Gasteiger charge is -2.49. The van der Waals surface area contributed by atoms with Crippen LogP contribution >= 0.6 is 0 Å². The number of carbonyl (C=O) groups is 2. The van der Waals surface area contributed by atoms with E-state index in [1.165, 1.54) is 141 Å². The van der Waals surface area contributed by atoms with Crippen molar-refractivity contribution in [2.45, 2.75) is 179 Å². The Morgan fingerprint density at radius 1 is 0.489 bits per heavy atom. The Labute approximate surface area is 274 Å². The van der Waals surface area contributed by atoms with Crippen LogP contribution in [0.4, 0.5) is 0 Å². The van der Waals surface area contributed by atoms with Crippen LogP contribution in [0.5, 0.6) is 0 Å². The zero-order chi connectivity index (χ0) is 33.1. The first-order chi connectivity index (χ1) is 21.8. The van der Waals surface area contributed by atoms with Crippen LogP contribution in [0.25, 0.3) is 0 Å². The maximum atomic E-state index is 11.1. The quantitative estimate of drug-likeness (QED) is 0.183. The number of aliphatic hydroxyl groups excluding tert-OH is 3. The predicted molar refractivity (Wildman–Crippen MR) is 183 cm³/mol. The zero-order valence-electron chi connectivity index (χ0n) is 28.4. The molecule has 0 spiro atoms. The first-order valence-corrected chi connectivity index (χ1v) is 18.6. The molecule has 3 fully saturated rings. The third-order valence-corrected chi connectivity index (χ3v) is 10.2. The van der Waals surface area contributed by atoms with Crippen LogP contribution in [-0.2, 0) is 9.59 Å². The molecule has 3 rings (SSSR count). The minimum absolute atomic E-state index is 0.318. The van der Waals surface area contributed by atoms with Crippen molar-refractivity contribution in [1.82, 2.24) is 0 Å². The van der Waals surface area contributed by atoms with Crippen LogP contribution in [0.2, 0.25) is 0 Å². The number of aliphatic hydroxyl groups is 3. The molecule has 5 N–H and O–H groups in total. The van der Waals surface area contributed by atoms with E-state index in [1.54, 1.807) is 0 Å². The van der Waals surface area contributed by atoms with Gasteiger partial charge in [-0.05, 0) is 12.8 Å². The SMILES string of the molecule is C1CCCCCCCCC1.C1CCCCCCCCC1.O=C(O)C=CC1(C=CC(=O)O)CCCCCCCC(O)C1(CO)CO. The number of carboxylic acid groups (broad SMARTS) is 2. The van der Waals surface area contributed by atoms with Gasteiger partial charge in [0, 0.05) is 17.6 Å². The molecule has 7 heteroatoms. The van der Waals surface area contributed by atoms with Gasteiger partial charge in [-0.25, -0.2) is 9.59 Å². The van der Waals surface area contributed by atoms with E-state index in [0.717, 1.165) is 31.4 Å². The Hall–Kier alpha value is -1.70. The topological polar surface area (TPSA) is 135 Å². The average molecular weight is 637 g/mol. The summed E-state index contributed by atoms with van der Waals surface area (Å²) in [5.74, 6) is -2.45. The van der Waals surface area contributed by atoms with Gasteiger partial charge in [0.05, 0.1) is 24.7 Å². The first kappa shape index (κ1) is 41.3. The molecule has 1 atom stereocenters. The van der Waals surface area contributed by atoms with Crippen LogP contribution in [-0.4, -0.2) is 56.8 Å². The molecule has 262 valence electrons. The standard InChI is InChI=1S/C18H28O7.2C10H20/c19-12-18(13-20)14(21)6-4-2-1-3-5-9-17(18,10-7-15(22)23)11-8-16(24)25;2*1-2-4-6-8-10-9-7-5-3-1/h7-8,10-11,14,19-21H,1-6,9,12-13H2,(H,22,23)(H,24,25);2*1-10H2. The fourth-order valence-electron chi connectivity index (χ4n) is 7.21. The van der Waals surface area contributed by atoms with Crippen LogP contribution in [0, 0.1) is 10.8 Å². The van der Waals surface area contributed by atoms with E-state index in [0.29, 0.717) is 25.7 Å². The fraction of sp³-hybridized carbons (Fsp3) is 0.842. The van der Waals surface area contributed by atoms with Gasteiger partial charge in [0.1, 0.15) is 0 Å². The van der Waals surface area contributed by atoms with Crippen molar-refractivity contribution in [2.24, 2.45) is 10.8 Å². The second-order valence-corrected chi connectivity index (χ2v) is 13.7. The van der Waals surface area contributed by atoms with Crippen molar-refractivity contribution in [3.8, 4) is 0 Å². The lowest BCUT2D eigenvalue weighted by atomic mass is 9.57. The number of rotatable bonds is 6. The van der Waals surface area contributed by atoms with Crippen LogP contribution < -0.4 is 0 Å². The Kier molecular flexibility index (Phi) is 24.2. The summed E-state index contributed by atoms with van der Waals surface area (Å²) in [7, 11) is 0. The molecule has 7 nitrogen and oxygen atoms in total. The molecule has 0 aromatic rings. The highest BCUT2D eigenvalue weighted by atomic mass is 16.4. The van der Waals surface area contributed by atoms with Crippen molar-refractivity contribution in [3.63, 3.8) is 0 Å². The van der Waals surface area contributed by atoms with Crippen molar-refractivity contribution < 1.29 is 35.1 Å². The summed E-state index contributed by atoms with van der Waals surface area (Å²) in [5.41, 5.74) is -2.76. The van der Waals surface area contributed by atoms with E-state index < -0.39 is 42.1 Å². The Morgan fingerprint density at radius 3 is 1.02 bits per heavy atom. The molecule has 45 heavy (non-hydrogen) atoms. The summed E-state index contributed by atoms with van der Waals surface area (Å²) in [6, 6.07) is 0. The van der Waals surface area contributed by atoms with E-state index in [9.17, 15) is 24.9 Å². The highest BCUT2D eigenvalue weighted by Crippen LogP contribution is 2.50. The molecule has 3 aliphatic carbocycles. The summed E-state index contributed by atoms with van der Waals surface area (Å²) in [4.78, 5) is 22.1. The summed E-state index contributed by atoms with van der Waals surface area (Å²) in [5, 5.41) is 48.9. The van der Waals surface area contributed by atoms with E-state index in [2.05, 4.69) is 0 Å².